The topological polar surface area (TPSA) is 95.5 Å². The standard InChI is InChI=1S/C11H24N2O4S/c1-3-9-18(16,17)13-10(2)11(15)12-7-5-4-6-8-14/h10,13-14H,3-9H2,1-2H3,(H,12,15). The third-order valence-electron chi connectivity index (χ3n) is 2.36. The second-order valence-electron chi connectivity index (χ2n) is 4.23. The Bertz CT molecular complexity index is 330. The van der Waals surface area contributed by atoms with Gasteiger partial charge in [0.15, 0.2) is 0 Å². The summed E-state index contributed by atoms with van der Waals surface area (Å²) in [6, 6.07) is -0.751. The summed E-state index contributed by atoms with van der Waals surface area (Å²) in [6.45, 7) is 3.95. The van der Waals surface area contributed by atoms with E-state index in [9.17, 15) is 13.2 Å². The predicted molar refractivity (Wildman–Crippen MR) is 70.6 cm³/mol. The van der Waals surface area contributed by atoms with Crippen molar-refractivity contribution >= 4 is 15.9 Å². The molecule has 7 heteroatoms. The summed E-state index contributed by atoms with van der Waals surface area (Å²) < 4.78 is 25.2. The van der Waals surface area contributed by atoms with Gasteiger partial charge >= 0.3 is 0 Å². The van der Waals surface area contributed by atoms with E-state index in [-0.39, 0.29) is 18.3 Å². The molecule has 0 saturated heterocycles. The normalized spacial score (nSPS) is 13.3. The first-order valence-electron chi connectivity index (χ1n) is 6.31. The lowest BCUT2D eigenvalue weighted by atomic mass is 10.2. The van der Waals surface area contributed by atoms with Gasteiger partial charge in [-0.15, -0.1) is 0 Å². The van der Waals surface area contributed by atoms with Crippen LogP contribution in [-0.4, -0.2) is 44.4 Å². The van der Waals surface area contributed by atoms with Crippen LogP contribution in [-0.2, 0) is 14.8 Å². The Labute approximate surface area is 109 Å². The maximum atomic E-state index is 11.6. The number of carbonyl (C=O) groups excluding carboxylic acids is 1. The lowest BCUT2D eigenvalue weighted by Crippen LogP contribution is -2.45. The molecule has 0 aromatic rings. The second-order valence-corrected chi connectivity index (χ2v) is 6.11. The van der Waals surface area contributed by atoms with Crippen molar-refractivity contribution in [1.29, 1.82) is 0 Å². The minimum Gasteiger partial charge on any atom is -0.396 e. The number of hydrogen-bond acceptors (Lipinski definition) is 4. The van der Waals surface area contributed by atoms with E-state index in [1.807, 2.05) is 0 Å². The molecule has 0 aromatic carbocycles. The van der Waals surface area contributed by atoms with Gasteiger partial charge in [0.05, 0.1) is 11.8 Å². The van der Waals surface area contributed by atoms with Gasteiger partial charge in [0.25, 0.3) is 0 Å². The Morgan fingerprint density at radius 1 is 1.28 bits per heavy atom. The van der Waals surface area contributed by atoms with Gasteiger partial charge in [0.2, 0.25) is 15.9 Å². The first kappa shape index (κ1) is 17.3. The van der Waals surface area contributed by atoms with Gasteiger partial charge in [0, 0.05) is 13.2 Å². The fourth-order valence-corrected chi connectivity index (χ4v) is 2.73. The number of carbonyl (C=O) groups is 1. The van der Waals surface area contributed by atoms with Crippen LogP contribution in [0.15, 0.2) is 0 Å². The van der Waals surface area contributed by atoms with Crippen molar-refractivity contribution in [3.63, 3.8) is 0 Å². The van der Waals surface area contributed by atoms with Gasteiger partial charge in [-0.2, -0.15) is 0 Å². The summed E-state index contributed by atoms with van der Waals surface area (Å²) in [4.78, 5) is 11.6. The van der Waals surface area contributed by atoms with Crippen molar-refractivity contribution < 1.29 is 18.3 Å². The molecule has 1 atom stereocenters. The molecule has 0 aromatic heterocycles. The quantitative estimate of drug-likeness (QED) is 0.490. The van der Waals surface area contributed by atoms with Crippen LogP contribution in [0, 0.1) is 0 Å². The number of sulfonamides is 1. The minimum atomic E-state index is -3.36. The Kier molecular flexibility index (Phi) is 8.95. The summed E-state index contributed by atoms with van der Waals surface area (Å²) in [6.07, 6.45) is 2.85. The maximum Gasteiger partial charge on any atom is 0.237 e. The Morgan fingerprint density at radius 3 is 2.50 bits per heavy atom. The zero-order valence-corrected chi connectivity index (χ0v) is 11.9. The highest BCUT2D eigenvalue weighted by Gasteiger charge is 2.18. The Morgan fingerprint density at radius 2 is 1.94 bits per heavy atom. The molecule has 6 nitrogen and oxygen atoms in total. The molecule has 0 saturated carbocycles. The molecular formula is C11H24N2O4S. The average molecular weight is 280 g/mol. The van der Waals surface area contributed by atoms with Crippen LogP contribution in [0.4, 0.5) is 0 Å². The van der Waals surface area contributed by atoms with E-state index in [1.54, 1.807) is 6.92 Å². The molecule has 0 radical (unpaired) electrons. The first-order chi connectivity index (χ1) is 8.43. The molecule has 0 fully saturated rings. The van der Waals surface area contributed by atoms with Crippen LogP contribution < -0.4 is 10.0 Å². The third kappa shape index (κ3) is 8.43. The summed E-state index contributed by atoms with van der Waals surface area (Å²) >= 11 is 0. The van der Waals surface area contributed by atoms with Crippen LogP contribution in [0.5, 0.6) is 0 Å². The van der Waals surface area contributed by atoms with E-state index in [0.717, 1.165) is 12.8 Å². The van der Waals surface area contributed by atoms with Crippen molar-refractivity contribution in [3.05, 3.63) is 0 Å². The molecule has 1 amide bonds. The average Bonchev–Trinajstić information content (AvgIpc) is 2.27. The monoisotopic (exact) mass is 280 g/mol. The van der Waals surface area contributed by atoms with Crippen molar-refractivity contribution in [1.82, 2.24) is 10.0 Å². The van der Waals surface area contributed by atoms with Crippen molar-refractivity contribution in [2.75, 3.05) is 18.9 Å². The fraction of sp³-hybridized carbons (Fsp3) is 0.909. The van der Waals surface area contributed by atoms with Crippen molar-refractivity contribution in [2.24, 2.45) is 0 Å². The zero-order chi connectivity index (χ0) is 14.0. The lowest BCUT2D eigenvalue weighted by Gasteiger charge is -2.13. The van der Waals surface area contributed by atoms with E-state index in [2.05, 4.69) is 10.0 Å². The Hall–Kier alpha value is -0.660. The van der Waals surface area contributed by atoms with E-state index in [4.69, 9.17) is 5.11 Å². The van der Waals surface area contributed by atoms with Gasteiger partial charge < -0.3 is 10.4 Å². The summed E-state index contributed by atoms with van der Waals surface area (Å²) in [7, 11) is -3.36. The van der Waals surface area contributed by atoms with Gasteiger partial charge in [-0.3, -0.25) is 4.79 Å². The molecule has 0 aliphatic rings. The molecule has 1 unspecified atom stereocenters. The molecule has 0 aliphatic carbocycles. The number of nitrogens with one attached hydrogen (secondary N) is 2. The number of hydrogen-bond donors (Lipinski definition) is 3. The molecular weight excluding hydrogens is 256 g/mol. The molecule has 18 heavy (non-hydrogen) atoms. The summed E-state index contributed by atoms with van der Waals surface area (Å²) in [5.41, 5.74) is 0. The van der Waals surface area contributed by atoms with E-state index in [0.29, 0.717) is 19.4 Å². The van der Waals surface area contributed by atoms with Crippen molar-refractivity contribution in [3.8, 4) is 0 Å². The van der Waals surface area contributed by atoms with Crippen LogP contribution >= 0.6 is 0 Å². The SMILES string of the molecule is CCCS(=O)(=O)NC(C)C(=O)NCCCCCO. The van der Waals surface area contributed by atoms with Gasteiger partial charge in [-0.1, -0.05) is 6.92 Å². The van der Waals surface area contributed by atoms with Crippen LogP contribution in [0.2, 0.25) is 0 Å². The molecule has 0 rings (SSSR count). The van der Waals surface area contributed by atoms with E-state index < -0.39 is 16.1 Å². The molecule has 0 bridgehead atoms. The number of aliphatic hydroxyl groups excluding tert-OH is 1. The van der Waals surface area contributed by atoms with Gasteiger partial charge in [-0.05, 0) is 32.6 Å². The fourth-order valence-electron chi connectivity index (χ4n) is 1.43. The van der Waals surface area contributed by atoms with Crippen LogP contribution in [0.25, 0.3) is 0 Å². The van der Waals surface area contributed by atoms with Gasteiger partial charge in [0.1, 0.15) is 0 Å². The van der Waals surface area contributed by atoms with Crippen LogP contribution in [0.1, 0.15) is 39.5 Å². The maximum absolute atomic E-state index is 11.6. The summed E-state index contributed by atoms with van der Waals surface area (Å²) in [5, 5.41) is 11.2. The highest BCUT2D eigenvalue weighted by atomic mass is 32.2. The smallest absolute Gasteiger partial charge is 0.237 e. The van der Waals surface area contributed by atoms with E-state index in [1.165, 1.54) is 6.92 Å². The molecule has 108 valence electrons. The minimum absolute atomic E-state index is 0.0289. The molecule has 0 heterocycles. The number of unbranched alkanes of at least 4 members (excludes halogenated alkanes) is 2. The predicted octanol–water partition coefficient (Wildman–Crippen LogP) is -0.0169. The largest absolute Gasteiger partial charge is 0.396 e. The molecule has 0 spiro atoms. The molecule has 3 N–H and O–H groups in total. The highest BCUT2D eigenvalue weighted by molar-refractivity contribution is 7.89. The van der Waals surface area contributed by atoms with E-state index >= 15 is 0 Å². The lowest BCUT2D eigenvalue weighted by molar-refractivity contribution is -0.122. The van der Waals surface area contributed by atoms with Gasteiger partial charge in [-0.25, -0.2) is 13.1 Å². The number of aliphatic hydroxyl groups is 1. The van der Waals surface area contributed by atoms with Crippen molar-refractivity contribution in [2.45, 2.75) is 45.6 Å². The zero-order valence-electron chi connectivity index (χ0n) is 11.1. The number of rotatable bonds is 10. The summed E-state index contributed by atoms with van der Waals surface area (Å²) in [5.74, 6) is -0.292. The number of amides is 1. The highest BCUT2D eigenvalue weighted by Crippen LogP contribution is 1.95. The first-order valence-corrected chi connectivity index (χ1v) is 7.96. The second kappa shape index (κ2) is 9.29. The Balaban J connectivity index is 3.89. The van der Waals surface area contributed by atoms with Crippen LogP contribution in [0.3, 0.4) is 0 Å². The third-order valence-corrected chi connectivity index (χ3v) is 4.01. The molecule has 0 aliphatic heterocycles.